The van der Waals surface area contributed by atoms with E-state index >= 15 is 0 Å². The van der Waals surface area contributed by atoms with Crippen molar-refractivity contribution >= 4 is 0 Å². The molecule has 0 saturated carbocycles. The van der Waals surface area contributed by atoms with E-state index < -0.39 is 0 Å². The summed E-state index contributed by atoms with van der Waals surface area (Å²) in [5, 5.41) is 8.96. The topological polar surface area (TPSA) is 20.2 Å². The third kappa shape index (κ3) is 9.96. The molecule has 0 aliphatic heterocycles. The minimum absolute atomic E-state index is 0.103. The Bertz CT molecular complexity index is 66.9. The van der Waals surface area contributed by atoms with Gasteiger partial charge in [0.2, 0.25) is 0 Å². The SMILES string of the molecule is CC(C)CCCCC[C@@H](C)O. The van der Waals surface area contributed by atoms with Crippen molar-refractivity contribution in [3.8, 4) is 0 Å². The predicted molar refractivity (Wildman–Crippen MR) is 49.6 cm³/mol. The molecule has 0 bridgehead atoms. The highest BCUT2D eigenvalue weighted by molar-refractivity contribution is 4.50. The van der Waals surface area contributed by atoms with E-state index in [1.165, 1.54) is 25.7 Å². The number of hydrogen-bond acceptors (Lipinski definition) is 1. The van der Waals surface area contributed by atoms with Gasteiger partial charge in [0.25, 0.3) is 0 Å². The molecule has 0 amide bonds. The van der Waals surface area contributed by atoms with Crippen LogP contribution in [0.1, 0.15) is 52.9 Å². The van der Waals surface area contributed by atoms with Gasteiger partial charge in [-0.2, -0.15) is 0 Å². The lowest BCUT2D eigenvalue weighted by atomic mass is 10.0. The number of aliphatic hydroxyl groups excluding tert-OH is 1. The van der Waals surface area contributed by atoms with Gasteiger partial charge in [-0.25, -0.2) is 0 Å². The Morgan fingerprint density at radius 2 is 1.45 bits per heavy atom. The average molecular weight is 158 g/mol. The first kappa shape index (κ1) is 11.0. The molecule has 0 aliphatic carbocycles. The highest BCUT2D eigenvalue weighted by Gasteiger charge is 1.96. The maximum absolute atomic E-state index is 8.96. The lowest BCUT2D eigenvalue weighted by molar-refractivity contribution is 0.180. The van der Waals surface area contributed by atoms with Crippen LogP contribution in [-0.2, 0) is 0 Å². The Morgan fingerprint density at radius 3 is 1.91 bits per heavy atom. The van der Waals surface area contributed by atoms with E-state index in [2.05, 4.69) is 13.8 Å². The van der Waals surface area contributed by atoms with Gasteiger partial charge >= 0.3 is 0 Å². The zero-order valence-electron chi connectivity index (χ0n) is 8.14. The van der Waals surface area contributed by atoms with Gasteiger partial charge in [0, 0.05) is 0 Å². The van der Waals surface area contributed by atoms with Gasteiger partial charge in [-0.05, 0) is 19.3 Å². The van der Waals surface area contributed by atoms with Crippen LogP contribution in [-0.4, -0.2) is 11.2 Å². The largest absolute Gasteiger partial charge is 0.393 e. The van der Waals surface area contributed by atoms with Crippen LogP contribution in [0.4, 0.5) is 0 Å². The normalized spacial score (nSPS) is 13.9. The highest BCUT2D eigenvalue weighted by atomic mass is 16.3. The van der Waals surface area contributed by atoms with E-state index in [-0.39, 0.29) is 6.10 Å². The van der Waals surface area contributed by atoms with Gasteiger partial charge in [-0.1, -0.05) is 39.5 Å². The van der Waals surface area contributed by atoms with Crippen molar-refractivity contribution in [2.45, 2.75) is 59.0 Å². The number of aliphatic hydroxyl groups is 1. The summed E-state index contributed by atoms with van der Waals surface area (Å²) in [4.78, 5) is 0. The molecular weight excluding hydrogens is 136 g/mol. The summed E-state index contributed by atoms with van der Waals surface area (Å²) in [5.74, 6) is 0.835. The van der Waals surface area contributed by atoms with Crippen molar-refractivity contribution in [1.29, 1.82) is 0 Å². The minimum atomic E-state index is -0.103. The van der Waals surface area contributed by atoms with Gasteiger partial charge < -0.3 is 5.11 Å². The molecule has 0 radical (unpaired) electrons. The Kier molecular flexibility index (Phi) is 6.63. The highest BCUT2D eigenvalue weighted by Crippen LogP contribution is 2.10. The number of unbranched alkanes of at least 4 members (excludes halogenated alkanes) is 2. The first-order valence-electron chi connectivity index (χ1n) is 4.81. The van der Waals surface area contributed by atoms with Crippen molar-refractivity contribution in [3.05, 3.63) is 0 Å². The standard InChI is InChI=1S/C10H22O/c1-9(2)7-5-4-6-8-10(3)11/h9-11H,4-8H2,1-3H3/t10-/m1/s1. The fraction of sp³-hybridized carbons (Fsp3) is 1.00. The second kappa shape index (κ2) is 6.66. The van der Waals surface area contributed by atoms with E-state index in [9.17, 15) is 0 Å². The summed E-state index contributed by atoms with van der Waals surface area (Å²) >= 11 is 0. The molecular formula is C10H22O. The van der Waals surface area contributed by atoms with Crippen LogP contribution >= 0.6 is 0 Å². The Morgan fingerprint density at radius 1 is 0.909 bits per heavy atom. The van der Waals surface area contributed by atoms with Crippen molar-refractivity contribution in [3.63, 3.8) is 0 Å². The summed E-state index contributed by atoms with van der Waals surface area (Å²) in [6.07, 6.45) is 5.99. The molecule has 0 spiro atoms. The fourth-order valence-electron chi connectivity index (χ4n) is 1.17. The fourth-order valence-corrected chi connectivity index (χ4v) is 1.17. The molecule has 0 aromatic rings. The second-order valence-electron chi connectivity index (χ2n) is 3.88. The molecule has 1 N–H and O–H groups in total. The van der Waals surface area contributed by atoms with Crippen molar-refractivity contribution < 1.29 is 5.11 Å². The quantitative estimate of drug-likeness (QED) is 0.589. The van der Waals surface area contributed by atoms with E-state index in [1.807, 2.05) is 6.92 Å². The second-order valence-corrected chi connectivity index (χ2v) is 3.88. The maximum Gasteiger partial charge on any atom is 0.0512 e. The average Bonchev–Trinajstić information content (AvgIpc) is 1.85. The zero-order valence-corrected chi connectivity index (χ0v) is 8.14. The molecule has 0 fully saturated rings. The molecule has 0 aliphatic rings. The molecule has 1 heteroatoms. The van der Waals surface area contributed by atoms with E-state index in [0.717, 1.165) is 12.3 Å². The molecule has 0 saturated heterocycles. The van der Waals surface area contributed by atoms with Crippen LogP contribution in [0.25, 0.3) is 0 Å². The summed E-state index contributed by atoms with van der Waals surface area (Å²) in [6.45, 7) is 6.38. The summed E-state index contributed by atoms with van der Waals surface area (Å²) in [6, 6.07) is 0. The van der Waals surface area contributed by atoms with Gasteiger partial charge in [-0.15, -0.1) is 0 Å². The summed E-state index contributed by atoms with van der Waals surface area (Å²) in [5.41, 5.74) is 0. The predicted octanol–water partition coefficient (Wildman–Crippen LogP) is 2.97. The first-order valence-corrected chi connectivity index (χ1v) is 4.81. The van der Waals surface area contributed by atoms with Crippen molar-refractivity contribution in [2.75, 3.05) is 0 Å². The number of hydrogen-bond donors (Lipinski definition) is 1. The Hall–Kier alpha value is -0.0400. The van der Waals surface area contributed by atoms with Crippen LogP contribution in [0.5, 0.6) is 0 Å². The van der Waals surface area contributed by atoms with Crippen LogP contribution < -0.4 is 0 Å². The lowest BCUT2D eigenvalue weighted by Gasteiger charge is -2.05. The van der Waals surface area contributed by atoms with Crippen molar-refractivity contribution in [1.82, 2.24) is 0 Å². The molecule has 0 aromatic heterocycles. The smallest absolute Gasteiger partial charge is 0.0512 e. The molecule has 11 heavy (non-hydrogen) atoms. The molecule has 0 rings (SSSR count). The van der Waals surface area contributed by atoms with Crippen molar-refractivity contribution in [2.24, 2.45) is 5.92 Å². The molecule has 0 aromatic carbocycles. The van der Waals surface area contributed by atoms with Gasteiger partial charge in [0.1, 0.15) is 0 Å². The third-order valence-electron chi connectivity index (χ3n) is 1.90. The molecule has 0 unspecified atom stereocenters. The van der Waals surface area contributed by atoms with Crippen LogP contribution in [0.2, 0.25) is 0 Å². The van der Waals surface area contributed by atoms with Gasteiger partial charge in [0.15, 0.2) is 0 Å². The lowest BCUT2D eigenvalue weighted by Crippen LogP contribution is -1.98. The Labute approximate surface area is 70.8 Å². The van der Waals surface area contributed by atoms with Crippen LogP contribution in [0.3, 0.4) is 0 Å². The number of rotatable bonds is 6. The first-order chi connectivity index (χ1) is 5.13. The third-order valence-corrected chi connectivity index (χ3v) is 1.90. The summed E-state index contributed by atoms with van der Waals surface area (Å²) in [7, 11) is 0. The zero-order chi connectivity index (χ0) is 8.69. The molecule has 68 valence electrons. The minimum Gasteiger partial charge on any atom is -0.393 e. The monoisotopic (exact) mass is 158 g/mol. The molecule has 1 atom stereocenters. The van der Waals surface area contributed by atoms with Gasteiger partial charge in [0.05, 0.1) is 6.10 Å². The van der Waals surface area contributed by atoms with Crippen LogP contribution in [0, 0.1) is 5.92 Å². The van der Waals surface area contributed by atoms with Crippen LogP contribution in [0.15, 0.2) is 0 Å². The Balaban J connectivity index is 2.91. The summed E-state index contributed by atoms with van der Waals surface area (Å²) < 4.78 is 0. The van der Waals surface area contributed by atoms with E-state index in [4.69, 9.17) is 5.11 Å². The maximum atomic E-state index is 8.96. The molecule has 1 nitrogen and oxygen atoms in total. The van der Waals surface area contributed by atoms with E-state index in [1.54, 1.807) is 0 Å². The molecule has 0 heterocycles. The van der Waals surface area contributed by atoms with E-state index in [0.29, 0.717) is 0 Å². The van der Waals surface area contributed by atoms with Gasteiger partial charge in [-0.3, -0.25) is 0 Å².